The Kier molecular flexibility index (Phi) is 10.0. The molecule has 4 rings (SSSR count). The van der Waals surface area contributed by atoms with Crippen LogP contribution in [-0.2, 0) is 29.0 Å². The highest BCUT2D eigenvalue weighted by atomic mass is 16.5. The summed E-state index contributed by atoms with van der Waals surface area (Å²) >= 11 is 0. The molecule has 0 saturated heterocycles. The molecule has 0 heterocycles. The van der Waals surface area contributed by atoms with Crippen LogP contribution < -0.4 is 14.8 Å². The van der Waals surface area contributed by atoms with Gasteiger partial charge in [0.05, 0.1) is 14.2 Å². The number of hydrogen-bond acceptors (Lipinski definition) is 4. The molecule has 1 atom stereocenters. The molecule has 0 unspecified atom stereocenters. The van der Waals surface area contributed by atoms with Crippen molar-refractivity contribution in [2.75, 3.05) is 14.2 Å². The van der Waals surface area contributed by atoms with Crippen molar-refractivity contribution in [1.29, 1.82) is 0 Å². The molecule has 1 saturated carbocycles. The zero-order valence-electron chi connectivity index (χ0n) is 23.3. The molecule has 0 aliphatic heterocycles. The summed E-state index contributed by atoms with van der Waals surface area (Å²) < 4.78 is 10.8. The Morgan fingerprint density at radius 2 is 1.59 bits per heavy atom. The predicted molar refractivity (Wildman–Crippen MR) is 154 cm³/mol. The van der Waals surface area contributed by atoms with E-state index in [2.05, 4.69) is 5.32 Å². The first-order valence-corrected chi connectivity index (χ1v) is 13.9. The van der Waals surface area contributed by atoms with Crippen LogP contribution in [0.2, 0.25) is 0 Å². The maximum Gasteiger partial charge on any atom is 0.243 e. The molecular formula is C33H40N2O4. The Bertz CT molecular complexity index is 1240. The van der Waals surface area contributed by atoms with Crippen molar-refractivity contribution in [3.05, 3.63) is 95.1 Å². The van der Waals surface area contributed by atoms with Gasteiger partial charge in [-0.3, -0.25) is 9.59 Å². The normalized spacial score (nSPS) is 14.0. The first-order valence-electron chi connectivity index (χ1n) is 13.9. The highest BCUT2D eigenvalue weighted by Gasteiger charge is 2.32. The third kappa shape index (κ3) is 7.62. The van der Waals surface area contributed by atoms with Crippen molar-refractivity contribution in [3.63, 3.8) is 0 Å². The second-order valence-electron chi connectivity index (χ2n) is 10.3. The van der Waals surface area contributed by atoms with Crippen LogP contribution in [0.4, 0.5) is 0 Å². The fraction of sp³-hybridized carbons (Fsp3) is 0.394. The van der Waals surface area contributed by atoms with Crippen molar-refractivity contribution in [2.24, 2.45) is 0 Å². The number of nitrogens with one attached hydrogen (secondary N) is 1. The van der Waals surface area contributed by atoms with Crippen LogP contribution in [0.5, 0.6) is 11.5 Å². The Morgan fingerprint density at radius 1 is 0.897 bits per heavy atom. The first-order chi connectivity index (χ1) is 19.0. The molecule has 0 radical (unpaired) electrons. The number of methoxy groups -OCH3 is 2. The minimum Gasteiger partial charge on any atom is -0.493 e. The van der Waals surface area contributed by atoms with E-state index in [0.29, 0.717) is 30.9 Å². The molecule has 0 bridgehead atoms. The van der Waals surface area contributed by atoms with Gasteiger partial charge in [-0.2, -0.15) is 0 Å². The Balaban J connectivity index is 1.61. The second kappa shape index (κ2) is 13.8. The van der Waals surface area contributed by atoms with Crippen molar-refractivity contribution in [3.8, 4) is 11.5 Å². The van der Waals surface area contributed by atoms with Gasteiger partial charge in [0.25, 0.3) is 0 Å². The summed E-state index contributed by atoms with van der Waals surface area (Å²) in [4.78, 5) is 29.6. The number of carbonyl (C=O) groups is 2. The van der Waals surface area contributed by atoms with E-state index in [0.717, 1.165) is 47.9 Å². The molecule has 1 aliphatic carbocycles. The fourth-order valence-electron chi connectivity index (χ4n) is 5.32. The first kappa shape index (κ1) is 28.2. The number of rotatable bonds is 12. The Hall–Kier alpha value is -3.80. The highest BCUT2D eigenvalue weighted by Crippen LogP contribution is 2.28. The van der Waals surface area contributed by atoms with Crippen LogP contribution in [0.25, 0.3) is 0 Å². The fourth-order valence-corrected chi connectivity index (χ4v) is 5.32. The summed E-state index contributed by atoms with van der Waals surface area (Å²) in [5.74, 6) is 1.17. The van der Waals surface area contributed by atoms with E-state index in [4.69, 9.17) is 9.47 Å². The van der Waals surface area contributed by atoms with E-state index in [1.807, 2.05) is 79.7 Å². The summed E-state index contributed by atoms with van der Waals surface area (Å²) in [6.07, 6.45) is 5.53. The SMILES string of the molecule is COc1ccc(CCC(=O)N(Cc2ccccc2C)[C@H](Cc2ccccc2)C(=O)NC2CCCC2)cc1OC. The van der Waals surface area contributed by atoms with Gasteiger partial charge in [-0.1, -0.05) is 73.5 Å². The van der Waals surface area contributed by atoms with Crippen molar-refractivity contribution in [2.45, 2.75) is 70.5 Å². The number of hydrogen-bond donors (Lipinski definition) is 1. The zero-order chi connectivity index (χ0) is 27.6. The number of aryl methyl sites for hydroxylation is 2. The van der Waals surface area contributed by atoms with Crippen LogP contribution in [0.3, 0.4) is 0 Å². The molecule has 1 N–H and O–H groups in total. The molecule has 39 heavy (non-hydrogen) atoms. The van der Waals surface area contributed by atoms with E-state index in [-0.39, 0.29) is 24.3 Å². The van der Waals surface area contributed by atoms with E-state index < -0.39 is 6.04 Å². The molecule has 3 aromatic carbocycles. The lowest BCUT2D eigenvalue weighted by molar-refractivity contribution is -0.141. The number of nitrogens with zero attached hydrogens (tertiary/aromatic N) is 1. The van der Waals surface area contributed by atoms with Crippen LogP contribution in [0.1, 0.15) is 54.4 Å². The smallest absolute Gasteiger partial charge is 0.243 e. The van der Waals surface area contributed by atoms with E-state index in [1.165, 1.54) is 0 Å². The molecule has 206 valence electrons. The Labute approximate surface area is 232 Å². The minimum absolute atomic E-state index is 0.0458. The van der Waals surface area contributed by atoms with Gasteiger partial charge in [-0.05, 0) is 60.6 Å². The van der Waals surface area contributed by atoms with Crippen LogP contribution in [0.15, 0.2) is 72.8 Å². The summed E-state index contributed by atoms with van der Waals surface area (Å²) in [7, 11) is 3.21. The van der Waals surface area contributed by atoms with Crippen LogP contribution >= 0.6 is 0 Å². The van der Waals surface area contributed by atoms with Crippen molar-refractivity contribution < 1.29 is 19.1 Å². The minimum atomic E-state index is -0.606. The quantitative estimate of drug-likeness (QED) is 0.330. The highest BCUT2D eigenvalue weighted by molar-refractivity contribution is 5.88. The van der Waals surface area contributed by atoms with E-state index in [1.54, 1.807) is 19.1 Å². The van der Waals surface area contributed by atoms with Gasteiger partial charge >= 0.3 is 0 Å². The van der Waals surface area contributed by atoms with Gasteiger partial charge in [-0.25, -0.2) is 0 Å². The van der Waals surface area contributed by atoms with Gasteiger partial charge in [0.2, 0.25) is 11.8 Å². The van der Waals surface area contributed by atoms with Gasteiger partial charge in [-0.15, -0.1) is 0 Å². The number of carbonyl (C=O) groups excluding carboxylic acids is 2. The maximum atomic E-state index is 14.0. The molecule has 1 fully saturated rings. The molecule has 0 aromatic heterocycles. The summed E-state index contributed by atoms with van der Waals surface area (Å²) in [6.45, 7) is 2.43. The molecular weight excluding hydrogens is 488 g/mol. The number of ether oxygens (including phenoxy) is 2. The third-order valence-corrected chi connectivity index (χ3v) is 7.65. The van der Waals surface area contributed by atoms with Gasteiger partial charge in [0.15, 0.2) is 11.5 Å². The number of benzene rings is 3. The second-order valence-corrected chi connectivity index (χ2v) is 10.3. The van der Waals surface area contributed by atoms with Gasteiger partial charge in [0.1, 0.15) is 6.04 Å². The molecule has 6 nitrogen and oxygen atoms in total. The predicted octanol–water partition coefficient (Wildman–Crippen LogP) is 5.64. The monoisotopic (exact) mass is 528 g/mol. The molecule has 3 aromatic rings. The lowest BCUT2D eigenvalue weighted by Gasteiger charge is -2.33. The third-order valence-electron chi connectivity index (χ3n) is 7.65. The topological polar surface area (TPSA) is 67.9 Å². The average molecular weight is 529 g/mol. The van der Waals surface area contributed by atoms with Gasteiger partial charge < -0.3 is 19.7 Å². The van der Waals surface area contributed by atoms with Gasteiger partial charge in [0, 0.05) is 25.4 Å². The molecule has 2 amide bonds. The molecule has 6 heteroatoms. The Morgan fingerprint density at radius 3 is 2.28 bits per heavy atom. The molecule has 1 aliphatic rings. The summed E-state index contributed by atoms with van der Waals surface area (Å²) in [5.41, 5.74) is 4.16. The lowest BCUT2D eigenvalue weighted by Crippen LogP contribution is -2.52. The standard InChI is InChI=1S/C33H40N2O4/c1-24-11-7-8-14-27(24)23-35(32(36)20-18-26-17-19-30(38-2)31(22-26)39-3)29(21-25-12-5-4-6-13-25)33(37)34-28-15-9-10-16-28/h4-8,11-14,17,19,22,28-29H,9-10,15-16,18,20-21,23H2,1-3H3,(H,34,37)/t29-/m1/s1. The average Bonchev–Trinajstić information content (AvgIpc) is 3.47. The van der Waals surface area contributed by atoms with E-state index in [9.17, 15) is 9.59 Å². The lowest BCUT2D eigenvalue weighted by atomic mass is 10.00. The van der Waals surface area contributed by atoms with Crippen LogP contribution in [0, 0.1) is 6.92 Å². The van der Waals surface area contributed by atoms with Crippen molar-refractivity contribution >= 4 is 11.8 Å². The summed E-state index contributed by atoms with van der Waals surface area (Å²) in [5, 5.41) is 3.27. The van der Waals surface area contributed by atoms with Crippen LogP contribution in [-0.4, -0.2) is 43.0 Å². The molecule has 0 spiro atoms. The van der Waals surface area contributed by atoms with E-state index >= 15 is 0 Å². The zero-order valence-corrected chi connectivity index (χ0v) is 23.3. The maximum absolute atomic E-state index is 14.0. The summed E-state index contributed by atoms with van der Waals surface area (Å²) in [6, 6.07) is 23.3. The number of amides is 2. The van der Waals surface area contributed by atoms with Crippen molar-refractivity contribution in [1.82, 2.24) is 10.2 Å². The largest absolute Gasteiger partial charge is 0.493 e.